The molecule has 5 heterocycles. The molecule has 8 aromatic rings. The molecule has 1 aliphatic heterocycles. The minimum atomic E-state index is -3.28. The maximum atomic E-state index is 13.5. The number of aromatic nitrogens is 4. The summed E-state index contributed by atoms with van der Waals surface area (Å²) in [5.41, 5.74) is 17.0. The fraction of sp³-hybridized carbons (Fsp3) is 0.154. The largest absolute Gasteiger partial charge is 0.354 e. The molecule has 1 aliphatic rings. The van der Waals surface area contributed by atoms with Gasteiger partial charge in [0.15, 0.2) is 0 Å². The minimum Gasteiger partial charge on any atom is -0.354 e. The van der Waals surface area contributed by atoms with Gasteiger partial charge in [-0.05, 0) is 111 Å². The van der Waals surface area contributed by atoms with E-state index in [1.54, 1.807) is 0 Å². The molecular weight excluding hydrogens is 760 g/mol. The molecule has 0 saturated carbocycles. The molecule has 0 radical (unpaired) electrons. The Kier molecular flexibility index (Phi) is 10.7. The molecule has 0 spiro atoms. The molecule has 0 fully saturated rings. The van der Waals surface area contributed by atoms with Crippen molar-refractivity contribution >= 4 is 29.9 Å². The topological polar surface area (TPSA) is 98.7 Å². The summed E-state index contributed by atoms with van der Waals surface area (Å²) in [6, 6.07) is 51.9. The van der Waals surface area contributed by atoms with E-state index in [0.29, 0.717) is 13.2 Å². The molecule has 300 valence electrons. The van der Waals surface area contributed by atoms with Gasteiger partial charge in [-0.1, -0.05) is 114 Å². The lowest BCUT2D eigenvalue weighted by Gasteiger charge is -2.17. The molecule has 7 nitrogen and oxygen atoms in total. The molecule has 8 heteroatoms. The highest BCUT2D eigenvalue weighted by atomic mass is 31.2. The summed E-state index contributed by atoms with van der Waals surface area (Å²) in [4.78, 5) is 15.5. The van der Waals surface area contributed by atoms with E-state index in [9.17, 15) is 4.57 Å². The van der Waals surface area contributed by atoms with Crippen molar-refractivity contribution in [2.75, 3.05) is 13.2 Å². The van der Waals surface area contributed by atoms with Crippen LogP contribution >= 0.6 is 7.60 Å². The molecule has 8 bridgehead atoms. The van der Waals surface area contributed by atoms with Crippen LogP contribution in [-0.4, -0.2) is 33.1 Å². The number of hydrogen-bond donors (Lipinski definition) is 4. The maximum absolute atomic E-state index is 13.5. The van der Waals surface area contributed by atoms with Crippen LogP contribution in [0.2, 0.25) is 0 Å². The van der Waals surface area contributed by atoms with E-state index >= 15 is 0 Å². The van der Waals surface area contributed by atoms with Gasteiger partial charge in [0.25, 0.3) is 0 Å². The Morgan fingerprint density at radius 2 is 0.667 bits per heavy atom. The van der Waals surface area contributed by atoms with Gasteiger partial charge in [-0.3, -0.25) is 4.57 Å². The average molecular weight is 809 g/mol. The van der Waals surface area contributed by atoms with Gasteiger partial charge >= 0.3 is 7.60 Å². The van der Waals surface area contributed by atoms with Gasteiger partial charge in [-0.15, -0.1) is 0 Å². The number of nitrogens with one attached hydrogen (secondary N) is 4. The summed E-state index contributed by atoms with van der Waals surface area (Å²) in [5, 5.41) is 3.94. The number of aryl methyl sites for hydroxylation is 3. The predicted octanol–water partition coefficient (Wildman–Crippen LogP) is 8.99. The summed E-state index contributed by atoms with van der Waals surface area (Å²) >= 11 is 0. The Morgan fingerprint density at radius 3 is 0.950 bits per heavy atom. The molecule has 0 aliphatic carbocycles. The first-order valence-corrected chi connectivity index (χ1v) is 22.4. The lowest BCUT2D eigenvalue weighted by molar-refractivity contribution is 0.219. The summed E-state index contributed by atoms with van der Waals surface area (Å²) in [6.45, 7) is 10.7. The second kappa shape index (κ2) is 16.4. The number of benzene rings is 4. The van der Waals surface area contributed by atoms with Gasteiger partial charge in [0.2, 0.25) is 0 Å². The summed E-state index contributed by atoms with van der Waals surface area (Å²) < 4.78 is 24.8. The number of H-pyrrole nitrogens is 4. The average Bonchev–Trinajstić information content (AvgIpc) is 4.09. The van der Waals surface area contributed by atoms with E-state index in [1.165, 1.54) is 16.7 Å². The number of aromatic amines is 4. The Morgan fingerprint density at radius 1 is 0.383 bits per heavy atom. The number of rotatable bonds is 10. The van der Waals surface area contributed by atoms with E-state index in [1.807, 2.05) is 26.0 Å². The van der Waals surface area contributed by atoms with Crippen molar-refractivity contribution in [2.24, 2.45) is 0 Å². The smallest absolute Gasteiger partial charge is 0.335 e. The van der Waals surface area contributed by atoms with Gasteiger partial charge < -0.3 is 29.0 Å². The van der Waals surface area contributed by atoms with Crippen LogP contribution in [0.15, 0.2) is 146 Å². The third-order valence-electron chi connectivity index (χ3n) is 11.2. The van der Waals surface area contributed by atoms with Crippen LogP contribution in [0.4, 0.5) is 0 Å². The highest BCUT2D eigenvalue weighted by molar-refractivity contribution is 7.53. The monoisotopic (exact) mass is 808 g/mol. The van der Waals surface area contributed by atoms with Gasteiger partial charge in [0.05, 0.1) is 19.4 Å². The normalized spacial score (nSPS) is 13.0. The van der Waals surface area contributed by atoms with Crippen molar-refractivity contribution in [1.82, 2.24) is 19.9 Å². The summed E-state index contributed by atoms with van der Waals surface area (Å²) in [5.74, 6) is 0. The Bertz CT molecular complexity index is 3120. The fourth-order valence-corrected chi connectivity index (χ4v) is 9.96. The Hall–Kier alpha value is -6.37. The van der Waals surface area contributed by atoms with E-state index in [0.717, 1.165) is 94.3 Å². The van der Waals surface area contributed by atoms with E-state index in [-0.39, 0.29) is 6.16 Å². The quantitative estimate of drug-likeness (QED) is 0.104. The standard InChI is InChI=1S/C52H49N4O3P/c1-6-58-60(57,59-7-2)32-36-14-22-40(23-15-36)52-47-30-28-45(55-47)50(38-18-10-34(4)11-19-38)43-26-24-41(53-43)49(37-16-8-33(3)9-17-37)42-25-27-44(54-42)51(46-29-31-48(52)56-46)39-20-12-35(5)13-21-39/h8-31,53-56H,6-7,32H2,1-5H3. The molecule has 4 aromatic heterocycles. The molecule has 60 heavy (non-hydrogen) atoms. The first kappa shape index (κ1) is 39.1. The predicted molar refractivity (Wildman–Crippen MR) is 243 cm³/mol. The molecule has 0 saturated heterocycles. The second-order valence-corrected chi connectivity index (χ2v) is 17.6. The zero-order valence-corrected chi connectivity index (χ0v) is 35.5. The SMILES string of the molecule is CCOP(=O)(Cc1ccc(C2=c3ccc([nH]3)=C(c3ccc(C)cc3)c3ccc([nH]3)C(c3ccc(C)cc3)=c3ccc([nH]3)=C(c3ccc(C)cc3)c3ccc2[nH]3)cc1)OCC. The third-order valence-corrected chi connectivity index (χ3v) is 13.2. The van der Waals surface area contributed by atoms with Crippen LogP contribution in [0.1, 0.15) is 81.1 Å². The van der Waals surface area contributed by atoms with Gasteiger partial charge in [0, 0.05) is 66.5 Å². The molecule has 9 rings (SSSR count). The zero-order valence-electron chi connectivity index (χ0n) is 34.6. The van der Waals surface area contributed by atoms with Crippen LogP contribution in [0.25, 0.3) is 22.3 Å². The van der Waals surface area contributed by atoms with Crippen LogP contribution in [0, 0.1) is 20.8 Å². The minimum absolute atomic E-state index is 0.201. The second-order valence-electron chi connectivity index (χ2n) is 15.5. The summed E-state index contributed by atoms with van der Waals surface area (Å²) in [7, 11) is -3.28. The molecule has 0 unspecified atom stereocenters. The molecule has 4 N–H and O–H groups in total. The van der Waals surface area contributed by atoms with E-state index in [4.69, 9.17) is 9.05 Å². The van der Waals surface area contributed by atoms with E-state index < -0.39 is 7.60 Å². The lowest BCUT2D eigenvalue weighted by atomic mass is 10.0. The Labute approximate surface area is 350 Å². The van der Waals surface area contributed by atoms with Crippen LogP contribution in [-0.2, 0) is 19.8 Å². The molecular formula is C52H49N4O3P. The fourth-order valence-electron chi connectivity index (χ4n) is 8.25. The van der Waals surface area contributed by atoms with Crippen molar-refractivity contribution in [3.05, 3.63) is 234 Å². The van der Waals surface area contributed by atoms with Crippen molar-refractivity contribution in [3.8, 4) is 0 Å². The molecule has 0 atom stereocenters. The number of fused-ring (bicyclic) bond motifs is 8. The van der Waals surface area contributed by atoms with Crippen LogP contribution in [0.5, 0.6) is 0 Å². The van der Waals surface area contributed by atoms with Crippen molar-refractivity contribution in [1.29, 1.82) is 0 Å². The maximum Gasteiger partial charge on any atom is 0.335 e. The van der Waals surface area contributed by atoms with Gasteiger partial charge in [-0.25, -0.2) is 0 Å². The molecule has 0 amide bonds. The van der Waals surface area contributed by atoms with Gasteiger partial charge in [0.1, 0.15) is 0 Å². The highest BCUT2D eigenvalue weighted by Crippen LogP contribution is 2.51. The number of hydrogen-bond acceptors (Lipinski definition) is 3. The third kappa shape index (κ3) is 7.76. The van der Waals surface area contributed by atoms with Crippen molar-refractivity contribution in [3.63, 3.8) is 0 Å². The Balaban J connectivity index is 1.34. The van der Waals surface area contributed by atoms with Crippen molar-refractivity contribution < 1.29 is 13.6 Å². The zero-order chi connectivity index (χ0) is 41.4. The first-order valence-electron chi connectivity index (χ1n) is 20.6. The van der Waals surface area contributed by atoms with Crippen LogP contribution in [0.3, 0.4) is 0 Å². The van der Waals surface area contributed by atoms with E-state index in [2.05, 4.69) is 174 Å². The van der Waals surface area contributed by atoms with Crippen molar-refractivity contribution in [2.45, 2.75) is 40.8 Å². The lowest BCUT2D eigenvalue weighted by Crippen LogP contribution is -2.19. The van der Waals surface area contributed by atoms with Crippen LogP contribution < -0.4 is 21.4 Å². The van der Waals surface area contributed by atoms with Gasteiger partial charge in [-0.2, -0.15) is 0 Å². The summed E-state index contributed by atoms with van der Waals surface area (Å²) in [6.07, 6.45) is 0.201. The first-order chi connectivity index (χ1) is 29.2. The highest BCUT2D eigenvalue weighted by Gasteiger charge is 2.24. The molecule has 4 aromatic carbocycles.